The van der Waals surface area contributed by atoms with Crippen LogP contribution in [-0.2, 0) is 14.3 Å². The molecule has 7 heteroatoms. The molecule has 0 radical (unpaired) electrons. The second-order valence-corrected chi connectivity index (χ2v) is 6.83. The highest BCUT2D eigenvalue weighted by Gasteiger charge is 2.48. The van der Waals surface area contributed by atoms with Gasteiger partial charge in [-0.15, -0.1) is 0 Å². The number of aliphatic hydroxyl groups is 1. The molecule has 0 bridgehead atoms. The Morgan fingerprint density at radius 1 is 1.21 bits per heavy atom. The average molecular weight is 400 g/mol. The number of carbonyl (C=O) groups excluding carboxylic acids is 1. The third kappa shape index (κ3) is 4.27. The van der Waals surface area contributed by atoms with Gasteiger partial charge in [-0.3, -0.25) is 4.79 Å². The molecule has 3 rings (SSSR count). The highest BCUT2D eigenvalue weighted by Crippen LogP contribution is 2.30. The molecule has 132 valence electrons. The van der Waals surface area contributed by atoms with Gasteiger partial charge in [0.2, 0.25) is 5.91 Å². The van der Waals surface area contributed by atoms with E-state index < -0.39 is 6.10 Å². The van der Waals surface area contributed by atoms with Crippen LogP contribution in [0.15, 0.2) is 24.3 Å². The normalized spacial score (nSPS) is 28.6. The van der Waals surface area contributed by atoms with Crippen LogP contribution in [0.4, 0.5) is 5.69 Å². The first-order valence-corrected chi connectivity index (χ1v) is 9.33. The number of unbranched alkanes of at least 4 members (excludes halogenated alkanes) is 1. The Labute approximate surface area is 149 Å². The van der Waals surface area contributed by atoms with Crippen LogP contribution in [0.25, 0.3) is 0 Å². The number of anilines is 1. The number of amides is 1. The van der Waals surface area contributed by atoms with Crippen molar-refractivity contribution in [3.8, 4) is 5.75 Å². The molecule has 0 spiro atoms. The Bertz CT molecular complexity index is 552. The number of fused-ring (bicyclic) bond motifs is 1. The van der Waals surface area contributed by atoms with E-state index in [0.29, 0.717) is 18.8 Å². The number of aliphatic hydroxyl groups excluding tert-OH is 1. The molecule has 2 aliphatic heterocycles. The smallest absolute Gasteiger partial charge is 0.224 e. The largest absolute Gasteiger partial charge is 0.485 e. The lowest BCUT2D eigenvalue weighted by Gasteiger charge is -2.18. The summed E-state index contributed by atoms with van der Waals surface area (Å²) in [4.78, 5) is 11.8. The second-order valence-electron chi connectivity index (χ2n) is 6.04. The first-order chi connectivity index (χ1) is 11.7. The van der Waals surface area contributed by atoms with E-state index >= 15 is 0 Å². The Balaban J connectivity index is 1.49. The Morgan fingerprint density at radius 3 is 2.71 bits per heavy atom. The molecule has 1 aromatic carbocycles. The minimum absolute atomic E-state index is 0.0185. The number of ether oxygens (including phenoxy) is 3. The van der Waals surface area contributed by atoms with Gasteiger partial charge in [0.15, 0.2) is 6.10 Å². The van der Waals surface area contributed by atoms with E-state index in [0.717, 1.165) is 23.9 Å². The van der Waals surface area contributed by atoms with Crippen LogP contribution in [0.5, 0.6) is 5.75 Å². The van der Waals surface area contributed by atoms with Crippen molar-refractivity contribution in [2.24, 2.45) is 0 Å². The zero-order valence-corrected chi connectivity index (χ0v) is 14.9. The van der Waals surface area contributed by atoms with Gasteiger partial charge in [-0.2, -0.15) is 0 Å². The molecule has 1 aromatic rings. The number of nitrogens with one attached hydrogen (secondary N) is 1. The molecule has 2 N–H and O–H groups in total. The number of alkyl halides is 1. The van der Waals surface area contributed by atoms with Gasteiger partial charge in [0.05, 0.1) is 13.2 Å². The summed E-state index contributed by atoms with van der Waals surface area (Å²) in [6.45, 7) is 0.688. The number of halogens is 1. The summed E-state index contributed by atoms with van der Waals surface area (Å²) in [7, 11) is 0. The molecule has 2 aliphatic rings. The summed E-state index contributed by atoms with van der Waals surface area (Å²) in [6, 6.07) is 7.25. The van der Waals surface area contributed by atoms with Gasteiger partial charge >= 0.3 is 0 Å². The van der Waals surface area contributed by atoms with Crippen LogP contribution in [0.3, 0.4) is 0 Å². The van der Waals surface area contributed by atoms with Crippen LogP contribution in [0.1, 0.15) is 19.3 Å². The molecule has 0 unspecified atom stereocenters. The summed E-state index contributed by atoms with van der Waals surface area (Å²) >= 11 is 3.35. The fourth-order valence-electron chi connectivity index (χ4n) is 2.94. The molecule has 2 fully saturated rings. The summed E-state index contributed by atoms with van der Waals surface area (Å²) < 4.78 is 17.0. The average Bonchev–Trinajstić information content (AvgIpc) is 3.14. The predicted octanol–water partition coefficient (Wildman–Crippen LogP) is 2.10. The lowest BCUT2D eigenvalue weighted by atomic mass is 10.1. The Hall–Kier alpha value is -1.15. The second kappa shape index (κ2) is 8.29. The molecule has 0 aromatic heterocycles. The van der Waals surface area contributed by atoms with Crippen LogP contribution in [-0.4, -0.2) is 54.0 Å². The molecule has 2 heterocycles. The van der Waals surface area contributed by atoms with Gasteiger partial charge < -0.3 is 24.6 Å². The summed E-state index contributed by atoms with van der Waals surface area (Å²) in [5.74, 6) is 0.705. The molecular weight excluding hydrogens is 378 g/mol. The quantitative estimate of drug-likeness (QED) is 0.542. The van der Waals surface area contributed by atoms with E-state index in [4.69, 9.17) is 14.2 Å². The van der Waals surface area contributed by atoms with E-state index in [2.05, 4.69) is 21.2 Å². The van der Waals surface area contributed by atoms with E-state index in [-0.39, 0.29) is 30.8 Å². The van der Waals surface area contributed by atoms with Crippen LogP contribution >= 0.6 is 15.9 Å². The minimum atomic E-state index is -0.578. The van der Waals surface area contributed by atoms with Crippen molar-refractivity contribution in [1.29, 1.82) is 0 Å². The first kappa shape index (κ1) is 17.7. The SMILES string of the molecule is O=C(CCCCBr)Nc1ccc(O[C@@H]2CO[C@H]3[C@@H]2OC[C@H]3O)cc1. The molecule has 0 aliphatic carbocycles. The highest BCUT2D eigenvalue weighted by molar-refractivity contribution is 9.09. The van der Waals surface area contributed by atoms with Crippen molar-refractivity contribution in [3.05, 3.63) is 24.3 Å². The summed E-state index contributed by atoms with van der Waals surface area (Å²) in [6.07, 6.45) is 1.05. The van der Waals surface area contributed by atoms with E-state index in [1.807, 2.05) is 24.3 Å². The van der Waals surface area contributed by atoms with Crippen molar-refractivity contribution in [3.63, 3.8) is 0 Å². The van der Waals surface area contributed by atoms with Gasteiger partial charge in [0.25, 0.3) is 0 Å². The Morgan fingerprint density at radius 2 is 1.96 bits per heavy atom. The van der Waals surface area contributed by atoms with Gasteiger partial charge in [0, 0.05) is 17.4 Å². The molecular formula is C17H22BrNO5. The third-order valence-corrected chi connectivity index (χ3v) is 4.76. The summed E-state index contributed by atoms with van der Waals surface area (Å²) in [5, 5.41) is 13.5. The lowest BCUT2D eigenvalue weighted by molar-refractivity contribution is -0.116. The maximum atomic E-state index is 11.8. The van der Waals surface area contributed by atoms with Crippen molar-refractivity contribution >= 4 is 27.5 Å². The molecule has 1 amide bonds. The fraction of sp³-hybridized carbons (Fsp3) is 0.588. The third-order valence-electron chi connectivity index (χ3n) is 4.19. The van der Waals surface area contributed by atoms with Crippen LogP contribution < -0.4 is 10.1 Å². The van der Waals surface area contributed by atoms with E-state index in [1.165, 1.54) is 0 Å². The van der Waals surface area contributed by atoms with Crippen molar-refractivity contribution in [2.75, 3.05) is 23.9 Å². The number of carbonyl (C=O) groups is 1. The zero-order valence-electron chi connectivity index (χ0n) is 13.3. The number of hydrogen-bond donors (Lipinski definition) is 2. The minimum Gasteiger partial charge on any atom is -0.485 e. The van der Waals surface area contributed by atoms with Crippen molar-refractivity contribution in [1.82, 2.24) is 0 Å². The molecule has 2 saturated heterocycles. The molecule has 4 atom stereocenters. The van der Waals surface area contributed by atoms with Gasteiger partial charge in [-0.25, -0.2) is 0 Å². The molecule has 6 nitrogen and oxygen atoms in total. The maximum absolute atomic E-state index is 11.8. The van der Waals surface area contributed by atoms with Crippen LogP contribution in [0.2, 0.25) is 0 Å². The van der Waals surface area contributed by atoms with E-state index in [1.54, 1.807) is 0 Å². The highest BCUT2D eigenvalue weighted by atomic mass is 79.9. The topological polar surface area (TPSA) is 77.0 Å². The van der Waals surface area contributed by atoms with Gasteiger partial charge in [-0.05, 0) is 37.1 Å². The van der Waals surface area contributed by atoms with E-state index in [9.17, 15) is 9.90 Å². The lowest BCUT2D eigenvalue weighted by Crippen LogP contribution is -2.34. The van der Waals surface area contributed by atoms with Gasteiger partial charge in [0.1, 0.15) is 24.1 Å². The monoisotopic (exact) mass is 399 g/mol. The number of rotatable bonds is 7. The van der Waals surface area contributed by atoms with Crippen molar-refractivity contribution < 1.29 is 24.1 Å². The zero-order chi connectivity index (χ0) is 16.9. The maximum Gasteiger partial charge on any atom is 0.224 e. The Kier molecular flexibility index (Phi) is 6.10. The van der Waals surface area contributed by atoms with Crippen LogP contribution in [0, 0.1) is 0 Å². The number of hydrogen-bond acceptors (Lipinski definition) is 5. The standard InChI is InChI=1S/C17H22BrNO5/c18-8-2-1-3-15(21)19-11-4-6-12(7-5-11)24-14-10-23-16-13(20)9-22-17(14)16/h4-7,13-14,16-17,20H,1-3,8-10H2,(H,19,21)/t13-,14-,16-,17-/m1/s1. The molecule has 24 heavy (non-hydrogen) atoms. The molecule has 0 saturated carbocycles. The van der Waals surface area contributed by atoms with Crippen molar-refractivity contribution in [2.45, 2.75) is 43.7 Å². The summed E-state index contributed by atoms with van der Waals surface area (Å²) in [5.41, 5.74) is 0.749. The predicted molar refractivity (Wildman–Crippen MR) is 92.6 cm³/mol. The van der Waals surface area contributed by atoms with Gasteiger partial charge in [-0.1, -0.05) is 15.9 Å². The fourth-order valence-corrected chi connectivity index (χ4v) is 3.34. The number of benzene rings is 1. The first-order valence-electron chi connectivity index (χ1n) is 8.21.